The Morgan fingerprint density at radius 1 is 1.15 bits per heavy atom. The molecule has 0 N–H and O–H groups in total. The normalized spacial score (nSPS) is 23.2. The van der Waals surface area contributed by atoms with Crippen molar-refractivity contribution in [2.75, 3.05) is 31.1 Å². The minimum Gasteiger partial charge on any atom is -0.353 e. The highest BCUT2D eigenvalue weighted by atomic mass is 35.5. The van der Waals surface area contributed by atoms with Crippen LogP contribution in [-0.2, 0) is 0 Å². The minimum absolute atomic E-state index is 0.695. The summed E-state index contributed by atoms with van der Waals surface area (Å²) < 4.78 is 0. The van der Waals surface area contributed by atoms with Gasteiger partial charge in [-0.15, -0.1) is 0 Å². The van der Waals surface area contributed by atoms with Gasteiger partial charge in [0.25, 0.3) is 0 Å². The molecule has 1 unspecified atom stereocenters. The lowest BCUT2D eigenvalue weighted by Gasteiger charge is -2.38. The van der Waals surface area contributed by atoms with Crippen molar-refractivity contribution < 1.29 is 0 Å². The number of aromatic nitrogens is 2. The Morgan fingerprint density at radius 2 is 2.10 bits per heavy atom. The van der Waals surface area contributed by atoms with Gasteiger partial charge in [0, 0.05) is 36.1 Å². The van der Waals surface area contributed by atoms with Crippen molar-refractivity contribution in [1.29, 1.82) is 0 Å². The Balaban J connectivity index is 1.71. The molecule has 0 spiro atoms. The van der Waals surface area contributed by atoms with Gasteiger partial charge >= 0.3 is 0 Å². The first-order chi connectivity index (χ1) is 9.81. The number of piperazine rings is 1. The topological polar surface area (TPSA) is 32.3 Å². The average Bonchev–Trinajstić information content (AvgIpc) is 2.93. The highest BCUT2D eigenvalue weighted by molar-refractivity contribution is 6.31. The van der Waals surface area contributed by atoms with E-state index in [9.17, 15) is 0 Å². The monoisotopic (exact) mass is 288 g/mol. The number of rotatable bonds is 1. The van der Waals surface area contributed by atoms with Crippen molar-refractivity contribution in [2.24, 2.45) is 0 Å². The van der Waals surface area contributed by atoms with E-state index in [-0.39, 0.29) is 0 Å². The Bertz CT molecular complexity index is 645. The molecular formula is C15H17ClN4. The molecule has 1 aromatic carbocycles. The van der Waals surface area contributed by atoms with E-state index in [1.54, 1.807) is 6.33 Å². The van der Waals surface area contributed by atoms with E-state index < -0.39 is 0 Å². The third kappa shape index (κ3) is 2.03. The maximum atomic E-state index is 6.05. The van der Waals surface area contributed by atoms with Crippen LogP contribution in [0.15, 0.2) is 24.5 Å². The average molecular weight is 289 g/mol. The van der Waals surface area contributed by atoms with Gasteiger partial charge in [-0.2, -0.15) is 0 Å². The minimum atomic E-state index is 0.695. The van der Waals surface area contributed by atoms with E-state index in [1.807, 2.05) is 18.2 Å². The van der Waals surface area contributed by atoms with Gasteiger partial charge in [-0.3, -0.25) is 4.90 Å². The number of halogens is 1. The van der Waals surface area contributed by atoms with Crippen LogP contribution in [0.25, 0.3) is 10.9 Å². The van der Waals surface area contributed by atoms with Crippen LogP contribution in [0, 0.1) is 0 Å². The third-order valence-electron chi connectivity index (χ3n) is 4.46. The van der Waals surface area contributed by atoms with Gasteiger partial charge in [-0.1, -0.05) is 11.6 Å². The van der Waals surface area contributed by atoms with Crippen molar-refractivity contribution in [2.45, 2.75) is 18.9 Å². The van der Waals surface area contributed by atoms with E-state index in [0.717, 1.165) is 41.4 Å². The summed E-state index contributed by atoms with van der Waals surface area (Å²) in [6.45, 7) is 4.53. The first-order valence-corrected chi connectivity index (χ1v) is 7.58. The van der Waals surface area contributed by atoms with Crippen LogP contribution in [0.3, 0.4) is 0 Å². The zero-order valence-electron chi connectivity index (χ0n) is 11.3. The molecule has 2 aromatic rings. The lowest BCUT2D eigenvalue weighted by atomic mass is 10.1. The largest absolute Gasteiger partial charge is 0.353 e. The van der Waals surface area contributed by atoms with Gasteiger partial charge < -0.3 is 4.90 Å². The molecule has 0 amide bonds. The molecule has 1 atom stereocenters. The highest BCUT2D eigenvalue weighted by Gasteiger charge is 2.31. The fraction of sp³-hybridized carbons (Fsp3) is 0.467. The lowest BCUT2D eigenvalue weighted by Crippen LogP contribution is -2.50. The molecule has 2 aliphatic heterocycles. The molecule has 104 valence electrons. The van der Waals surface area contributed by atoms with Crippen molar-refractivity contribution in [3.63, 3.8) is 0 Å². The molecule has 4 rings (SSSR count). The molecular weight excluding hydrogens is 272 g/mol. The van der Waals surface area contributed by atoms with Gasteiger partial charge in [0.15, 0.2) is 0 Å². The molecule has 2 fully saturated rings. The Hall–Kier alpha value is -1.39. The number of fused-ring (bicyclic) bond motifs is 2. The highest BCUT2D eigenvalue weighted by Crippen LogP contribution is 2.29. The van der Waals surface area contributed by atoms with Crippen LogP contribution in [-0.4, -0.2) is 47.1 Å². The number of hydrogen-bond donors (Lipinski definition) is 0. The molecule has 5 heteroatoms. The van der Waals surface area contributed by atoms with Gasteiger partial charge in [0.2, 0.25) is 0 Å². The van der Waals surface area contributed by atoms with Crippen LogP contribution in [0.5, 0.6) is 0 Å². The Labute approximate surface area is 123 Å². The molecule has 1 aromatic heterocycles. The molecule has 0 saturated carbocycles. The molecule has 2 aliphatic rings. The SMILES string of the molecule is Clc1ccc2c(N3CCN4CCCC4C3)ncnc2c1. The maximum absolute atomic E-state index is 6.05. The second kappa shape index (κ2) is 4.86. The van der Waals surface area contributed by atoms with Crippen molar-refractivity contribution >= 4 is 28.3 Å². The summed E-state index contributed by atoms with van der Waals surface area (Å²) in [6.07, 6.45) is 4.29. The molecule has 0 bridgehead atoms. The summed E-state index contributed by atoms with van der Waals surface area (Å²) in [4.78, 5) is 13.9. The molecule has 0 radical (unpaired) electrons. The van der Waals surface area contributed by atoms with Gasteiger partial charge in [0.1, 0.15) is 12.1 Å². The Kier molecular flexibility index (Phi) is 3.00. The van der Waals surface area contributed by atoms with Crippen LogP contribution in [0.1, 0.15) is 12.8 Å². The van der Waals surface area contributed by atoms with E-state index in [4.69, 9.17) is 11.6 Å². The number of benzene rings is 1. The van der Waals surface area contributed by atoms with Crippen LogP contribution in [0.2, 0.25) is 5.02 Å². The van der Waals surface area contributed by atoms with E-state index in [1.165, 1.54) is 19.4 Å². The molecule has 2 saturated heterocycles. The second-order valence-electron chi connectivity index (χ2n) is 5.64. The molecule has 4 nitrogen and oxygen atoms in total. The molecule has 0 aliphatic carbocycles. The summed E-state index contributed by atoms with van der Waals surface area (Å²) in [6, 6.07) is 6.56. The zero-order chi connectivity index (χ0) is 13.5. The Morgan fingerprint density at radius 3 is 3.05 bits per heavy atom. The van der Waals surface area contributed by atoms with Crippen molar-refractivity contribution in [3.05, 3.63) is 29.5 Å². The fourth-order valence-corrected chi connectivity index (χ4v) is 3.62. The number of nitrogens with zero attached hydrogens (tertiary/aromatic N) is 4. The second-order valence-corrected chi connectivity index (χ2v) is 6.07. The first kappa shape index (κ1) is 12.4. The summed E-state index contributed by atoms with van der Waals surface area (Å²) in [5.74, 6) is 1.05. The van der Waals surface area contributed by atoms with Gasteiger partial charge in [0.05, 0.1) is 5.52 Å². The zero-order valence-corrected chi connectivity index (χ0v) is 12.1. The van der Waals surface area contributed by atoms with Gasteiger partial charge in [-0.05, 0) is 37.6 Å². The number of hydrogen-bond acceptors (Lipinski definition) is 4. The standard InChI is InChI=1S/C15H17ClN4/c16-11-3-4-13-14(8-11)17-10-18-15(13)20-7-6-19-5-1-2-12(19)9-20/h3-4,8,10,12H,1-2,5-7,9H2. The smallest absolute Gasteiger partial charge is 0.139 e. The first-order valence-electron chi connectivity index (χ1n) is 7.20. The van der Waals surface area contributed by atoms with Crippen LogP contribution >= 0.6 is 11.6 Å². The fourth-order valence-electron chi connectivity index (χ4n) is 3.45. The van der Waals surface area contributed by atoms with Crippen LogP contribution in [0.4, 0.5) is 5.82 Å². The quantitative estimate of drug-likeness (QED) is 0.807. The van der Waals surface area contributed by atoms with Crippen molar-refractivity contribution in [3.8, 4) is 0 Å². The van der Waals surface area contributed by atoms with Crippen LogP contribution < -0.4 is 4.90 Å². The molecule has 20 heavy (non-hydrogen) atoms. The predicted octanol–water partition coefficient (Wildman–Crippen LogP) is 2.57. The predicted molar refractivity (Wildman–Crippen MR) is 81.4 cm³/mol. The van der Waals surface area contributed by atoms with E-state index in [2.05, 4.69) is 19.8 Å². The molecule has 3 heterocycles. The van der Waals surface area contributed by atoms with Gasteiger partial charge in [-0.25, -0.2) is 9.97 Å². The van der Waals surface area contributed by atoms with E-state index >= 15 is 0 Å². The summed E-state index contributed by atoms with van der Waals surface area (Å²) in [7, 11) is 0. The summed E-state index contributed by atoms with van der Waals surface area (Å²) >= 11 is 6.05. The third-order valence-corrected chi connectivity index (χ3v) is 4.70. The summed E-state index contributed by atoms with van der Waals surface area (Å²) in [5.41, 5.74) is 0.927. The van der Waals surface area contributed by atoms with E-state index in [0.29, 0.717) is 6.04 Å². The maximum Gasteiger partial charge on any atom is 0.139 e. The number of anilines is 1. The van der Waals surface area contributed by atoms with Crippen molar-refractivity contribution in [1.82, 2.24) is 14.9 Å². The summed E-state index contributed by atoms with van der Waals surface area (Å²) in [5, 5.41) is 1.83. The lowest BCUT2D eigenvalue weighted by molar-refractivity contribution is 0.230.